The summed E-state index contributed by atoms with van der Waals surface area (Å²) in [5, 5.41) is 20.2. The summed E-state index contributed by atoms with van der Waals surface area (Å²) in [6.07, 6.45) is 1.27. The Morgan fingerprint density at radius 3 is 1.58 bits per heavy atom. The summed E-state index contributed by atoms with van der Waals surface area (Å²) >= 11 is 0. The Kier molecular flexibility index (Phi) is 11.2. The van der Waals surface area contributed by atoms with E-state index in [4.69, 9.17) is 15.2 Å². The van der Waals surface area contributed by atoms with Crippen molar-refractivity contribution >= 4 is 33.4 Å². The lowest BCUT2D eigenvalue weighted by Gasteiger charge is -2.12. The van der Waals surface area contributed by atoms with Crippen molar-refractivity contribution in [2.75, 3.05) is 51.3 Å². The maximum atomic E-state index is 12.3. The Morgan fingerprint density at radius 1 is 0.667 bits per heavy atom. The fourth-order valence-corrected chi connectivity index (χ4v) is 4.54. The minimum atomic E-state index is -1.11. The Hall–Kier alpha value is -5.46. The fraction of sp³-hybridized carbons (Fsp3) is 0.222. The zero-order valence-corrected chi connectivity index (χ0v) is 26.5. The second kappa shape index (κ2) is 15.9. The SMILES string of the molecule is CN(C)c1ccc(-c2ccc3cc(OCC(O)CF)ccc3n2)cn1.Nc1ccc(-c2ccc3cc(OCC(O)CF)ccc3n2)cn1. The molecule has 248 valence electrons. The zero-order valence-electron chi connectivity index (χ0n) is 26.5. The first-order valence-electron chi connectivity index (χ1n) is 15.1. The van der Waals surface area contributed by atoms with Crippen molar-refractivity contribution in [3.8, 4) is 34.0 Å². The third-order valence-electron chi connectivity index (χ3n) is 7.15. The molecule has 0 aliphatic heterocycles. The largest absolute Gasteiger partial charge is 0.491 e. The molecule has 2 atom stereocenters. The van der Waals surface area contributed by atoms with Gasteiger partial charge < -0.3 is 30.3 Å². The van der Waals surface area contributed by atoms with Gasteiger partial charge in [0.15, 0.2) is 0 Å². The van der Waals surface area contributed by atoms with Crippen LogP contribution in [0.15, 0.2) is 97.3 Å². The number of ether oxygens (including phenoxy) is 2. The van der Waals surface area contributed by atoms with Crippen LogP contribution in [0.2, 0.25) is 0 Å². The highest BCUT2D eigenvalue weighted by Gasteiger charge is 2.09. The number of rotatable bonds is 11. The Balaban J connectivity index is 0.000000188. The average Bonchev–Trinajstić information content (AvgIpc) is 3.12. The maximum absolute atomic E-state index is 12.3. The molecule has 2 unspecified atom stereocenters. The molecule has 0 amide bonds. The highest BCUT2D eigenvalue weighted by molar-refractivity contribution is 5.84. The summed E-state index contributed by atoms with van der Waals surface area (Å²) in [7, 11) is 3.89. The first-order chi connectivity index (χ1) is 23.2. The lowest BCUT2D eigenvalue weighted by Crippen LogP contribution is -2.19. The van der Waals surface area contributed by atoms with Gasteiger partial charge in [-0.25, -0.2) is 28.7 Å². The Morgan fingerprint density at radius 2 is 1.17 bits per heavy atom. The molecule has 10 nitrogen and oxygen atoms in total. The molecule has 48 heavy (non-hydrogen) atoms. The number of nitrogen functional groups attached to an aromatic ring is 1. The van der Waals surface area contributed by atoms with Gasteiger partial charge in [0.2, 0.25) is 0 Å². The molecule has 12 heteroatoms. The van der Waals surface area contributed by atoms with Crippen LogP contribution in [0.5, 0.6) is 11.5 Å². The monoisotopic (exact) mass is 654 g/mol. The summed E-state index contributed by atoms with van der Waals surface area (Å²) in [5.41, 5.74) is 10.7. The second-order valence-electron chi connectivity index (χ2n) is 11.1. The standard InChI is InChI=1S/C19H20FN3O2.C17H16FN3O2/c1-23(2)19-8-4-14(11-21-19)18-6-3-13-9-16(5-7-17(13)22-18)25-12-15(24)10-20;18-8-13(22)10-23-14-3-5-15-11(7-14)1-4-16(21-15)12-2-6-17(19)20-9-12/h3-9,11,15,24H,10,12H2,1-2H3;1-7,9,13,22H,8,10H2,(H2,19,20). The molecule has 4 N–H and O–H groups in total. The number of aliphatic hydroxyl groups is 2. The van der Waals surface area contributed by atoms with Gasteiger partial charge in [0, 0.05) is 48.4 Å². The summed E-state index contributed by atoms with van der Waals surface area (Å²) in [6.45, 7) is -1.80. The van der Waals surface area contributed by atoms with Crippen molar-refractivity contribution < 1.29 is 28.5 Å². The molecule has 6 aromatic rings. The minimum Gasteiger partial charge on any atom is -0.491 e. The van der Waals surface area contributed by atoms with Gasteiger partial charge in [0.25, 0.3) is 0 Å². The zero-order chi connectivity index (χ0) is 34.0. The highest BCUT2D eigenvalue weighted by atomic mass is 19.1. The van der Waals surface area contributed by atoms with Gasteiger partial charge in [-0.2, -0.15) is 0 Å². The molecule has 0 aliphatic rings. The lowest BCUT2D eigenvalue weighted by molar-refractivity contribution is 0.0842. The molecule has 0 saturated carbocycles. The number of alkyl halides is 2. The third kappa shape index (κ3) is 8.87. The van der Waals surface area contributed by atoms with E-state index in [1.165, 1.54) is 0 Å². The highest BCUT2D eigenvalue weighted by Crippen LogP contribution is 2.26. The van der Waals surface area contributed by atoms with E-state index in [1.807, 2.05) is 79.7 Å². The molecule has 0 bridgehead atoms. The normalized spacial score (nSPS) is 12.2. The minimum absolute atomic E-state index is 0.0720. The summed E-state index contributed by atoms with van der Waals surface area (Å²) < 4.78 is 35.2. The van der Waals surface area contributed by atoms with Crippen molar-refractivity contribution in [1.29, 1.82) is 0 Å². The molecular formula is C36H36F2N6O4. The van der Waals surface area contributed by atoms with Crippen LogP contribution in [0.3, 0.4) is 0 Å². The van der Waals surface area contributed by atoms with Crippen LogP contribution in [0.1, 0.15) is 0 Å². The van der Waals surface area contributed by atoms with Crippen LogP contribution in [0.25, 0.3) is 44.3 Å². The molecule has 2 aromatic carbocycles. The number of nitrogens with two attached hydrogens (primary N) is 1. The van der Waals surface area contributed by atoms with E-state index in [9.17, 15) is 19.0 Å². The molecule has 4 aromatic heterocycles. The number of fused-ring (bicyclic) bond motifs is 2. The quantitative estimate of drug-likeness (QED) is 0.160. The number of hydrogen-bond acceptors (Lipinski definition) is 10. The van der Waals surface area contributed by atoms with E-state index < -0.39 is 25.6 Å². The van der Waals surface area contributed by atoms with Gasteiger partial charge in [-0.1, -0.05) is 12.1 Å². The van der Waals surface area contributed by atoms with Gasteiger partial charge >= 0.3 is 0 Å². The van der Waals surface area contributed by atoms with Crippen molar-refractivity contribution in [1.82, 2.24) is 19.9 Å². The maximum Gasteiger partial charge on any atom is 0.127 e. The van der Waals surface area contributed by atoms with Gasteiger partial charge in [-0.15, -0.1) is 0 Å². The lowest BCUT2D eigenvalue weighted by atomic mass is 10.1. The van der Waals surface area contributed by atoms with Gasteiger partial charge in [-0.3, -0.25) is 0 Å². The number of benzene rings is 2. The Bertz CT molecular complexity index is 1940. The summed E-state index contributed by atoms with van der Waals surface area (Å²) in [6, 6.07) is 26.0. The van der Waals surface area contributed by atoms with E-state index in [2.05, 4.69) is 19.9 Å². The topological polar surface area (TPSA) is 140 Å². The van der Waals surface area contributed by atoms with Crippen LogP contribution in [-0.4, -0.2) is 83.0 Å². The molecule has 4 heterocycles. The van der Waals surface area contributed by atoms with Crippen LogP contribution < -0.4 is 20.1 Å². The van der Waals surface area contributed by atoms with Crippen molar-refractivity contribution in [2.45, 2.75) is 12.2 Å². The molecule has 6 rings (SSSR count). The predicted octanol–water partition coefficient (Wildman–Crippen LogP) is 5.66. The number of aromatic nitrogens is 4. The smallest absolute Gasteiger partial charge is 0.127 e. The van der Waals surface area contributed by atoms with Gasteiger partial charge in [0.1, 0.15) is 61.9 Å². The molecule has 0 spiro atoms. The number of anilines is 2. The molecule has 0 radical (unpaired) electrons. The van der Waals surface area contributed by atoms with E-state index in [-0.39, 0.29) is 13.2 Å². The van der Waals surface area contributed by atoms with Gasteiger partial charge in [-0.05, 0) is 72.8 Å². The number of halogens is 2. The van der Waals surface area contributed by atoms with Gasteiger partial charge in [0.05, 0.1) is 22.4 Å². The Labute approximate surface area is 276 Å². The fourth-order valence-electron chi connectivity index (χ4n) is 4.54. The van der Waals surface area contributed by atoms with Crippen molar-refractivity contribution in [3.63, 3.8) is 0 Å². The molecule has 0 fully saturated rings. The summed E-state index contributed by atoms with van der Waals surface area (Å²) in [5.74, 6) is 2.49. The van der Waals surface area contributed by atoms with E-state index in [0.29, 0.717) is 17.3 Å². The first kappa shape index (κ1) is 33.9. The molecule has 0 saturated heterocycles. The average molecular weight is 655 g/mol. The predicted molar refractivity (Wildman–Crippen MR) is 184 cm³/mol. The van der Waals surface area contributed by atoms with Crippen LogP contribution in [-0.2, 0) is 0 Å². The number of hydrogen-bond donors (Lipinski definition) is 3. The number of pyridine rings is 4. The second-order valence-corrected chi connectivity index (χ2v) is 11.1. The third-order valence-corrected chi connectivity index (χ3v) is 7.15. The van der Waals surface area contributed by atoms with E-state index >= 15 is 0 Å². The van der Waals surface area contributed by atoms with Crippen LogP contribution >= 0.6 is 0 Å². The first-order valence-corrected chi connectivity index (χ1v) is 15.1. The van der Waals surface area contributed by atoms with Crippen molar-refractivity contribution in [2.24, 2.45) is 0 Å². The summed E-state index contributed by atoms with van der Waals surface area (Å²) in [4.78, 5) is 19.7. The van der Waals surface area contributed by atoms with E-state index in [0.717, 1.165) is 50.1 Å². The van der Waals surface area contributed by atoms with Crippen LogP contribution in [0, 0.1) is 0 Å². The number of nitrogens with zero attached hydrogens (tertiary/aromatic N) is 5. The molecular weight excluding hydrogens is 618 g/mol. The molecule has 0 aliphatic carbocycles. The van der Waals surface area contributed by atoms with Crippen molar-refractivity contribution in [3.05, 3.63) is 97.3 Å². The van der Waals surface area contributed by atoms with Crippen LogP contribution in [0.4, 0.5) is 20.4 Å². The number of aliphatic hydroxyl groups excluding tert-OH is 2. The van der Waals surface area contributed by atoms with E-state index in [1.54, 1.807) is 36.7 Å².